The van der Waals surface area contributed by atoms with E-state index in [1.807, 2.05) is 11.6 Å². The van der Waals surface area contributed by atoms with E-state index in [4.69, 9.17) is 5.73 Å². The molecule has 1 aliphatic rings. The van der Waals surface area contributed by atoms with Gasteiger partial charge >= 0.3 is 6.18 Å². The monoisotopic (exact) mass is 384 g/mol. The Balaban J connectivity index is 1.66. The molecule has 3 rings (SSSR count). The predicted octanol–water partition coefficient (Wildman–Crippen LogP) is 2.55. The van der Waals surface area contributed by atoms with Crippen molar-refractivity contribution in [1.82, 2.24) is 24.6 Å². The number of nitrogens with two attached hydrogens (primary N) is 1. The van der Waals surface area contributed by atoms with Crippen LogP contribution in [0.25, 0.3) is 0 Å². The van der Waals surface area contributed by atoms with Gasteiger partial charge in [0.15, 0.2) is 5.82 Å². The third kappa shape index (κ3) is 4.59. The summed E-state index contributed by atoms with van der Waals surface area (Å²) in [7, 11) is 1.72. The summed E-state index contributed by atoms with van der Waals surface area (Å²) in [6.07, 6.45) is 0.283. The Kier molecular flexibility index (Phi) is 5.40. The average Bonchev–Trinajstić information content (AvgIpc) is 2.96. The lowest BCUT2D eigenvalue weighted by Gasteiger charge is -2.32. The third-order valence-electron chi connectivity index (χ3n) is 4.65. The summed E-state index contributed by atoms with van der Waals surface area (Å²) in [6.45, 7) is 1.86. The number of halogens is 3. The summed E-state index contributed by atoms with van der Waals surface area (Å²) in [5.41, 5.74) is 7.85. The van der Waals surface area contributed by atoms with Crippen LogP contribution in [0.3, 0.4) is 0 Å². The Morgan fingerprint density at radius 2 is 1.96 bits per heavy atom. The van der Waals surface area contributed by atoms with Gasteiger partial charge in [0.05, 0.1) is 42.0 Å². The minimum Gasteiger partial charge on any atom is -0.394 e. The summed E-state index contributed by atoms with van der Waals surface area (Å²) in [4.78, 5) is 9.88. The molecule has 3 heterocycles. The maximum atomic E-state index is 12.5. The number of nitrogens with one attached hydrogen (secondary N) is 2. The van der Waals surface area contributed by atoms with Gasteiger partial charge in [0, 0.05) is 20.1 Å². The summed E-state index contributed by atoms with van der Waals surface area (Å²) >= 11 is 0. The Morgan fingerprint density at radius 1 is 1.26 bits per heavy atom. The topological polar surface area (TPSA) is 96.9 Å². The zero-order valence-corrected chi connectivity index (χ0v) is 15.2. The quantitative estimate of drug-likeness (QED) is 0.729. The zero-order chi connectivity index (χ0) is 19.6. The van der Waals surface area contributed by atoms with E-state index in [2.05, 4.69) is 25.7 Å². The van der Waals surface area contributed by atoms with Gasteiger partial charge in [0.1, 0.15) is 0 Å². The second-order valence-corrected chi connectivity index (χ2v) is 6.58. The van der Waals surface area contributed by atoms with Gasteiger partial charge in [0.2, 0.25) is 5.95 Å². The minimum atomic E-state index is -4.16. The zero-order valence-electron chi connectivity index (χ0n) is 15.2. The van der Waals surface area contributed by atoms with E-state index >= 15 is 0 Å². The van der Waals surface area contributed by atoms with Crippen LogP contribution in [-0.2, 0) is 0 Å². The standard InChI is InChI=1S/C16H23F3N8/c1-10-13(24-15-22-7-12(20)14(21-2)25-15)8-23-27(10)11-3-5-26(6-4-11)9-16(17,18)19/h7-8,11H,3-6,9,20H2,1-2H3,(H2,21,22,24,25). The molecule has 1 saturated heterocycles. The second-order valence-electron chi connectivity index (χ2n) is 6.58. The van der Waals surface area contributed by atoms with Crippen molar-refractivity contribution in [3.63, 3.8) is 0 Å². The van der Waals surface area contributed by atoms with Gasteiger partial charge in [-0.05, 0) is 19.8 Å². The van der Waals surface area contributed by atoms with Crippen molar-refractivity contribution < 1.29 is 13.2 Å². The van der Waals surface area contributed by atoms with Crippen LogP contribution < -0.4 is 16.4 Å². The van der Waals surface area contributed by atoms with Crippen LogP contribution in [0, 0.1) is 6.92 Å². The first-order valence-corrected chi connectivity index (χ1v) is 8.67. The van der Waals surface area contributed by atoms with Crippen LogP contribution >= 0.6 is 0 Å². The number of nitrogen functional groups attached to an aromatic ring is 1. The smallest absolute Gasteiger partial charge is 0.394 e. The Morgan fingerprint density at radius 3 is 2.59 bits per heavy atom. The Labute approximate surface area is 155 Å². The number of alkyl halides is 3. The van der Waals surface area contributed by atoms with E-state index < -0.39 is 12.7 Å². The van der Waals surface area contributed by atoms with E-state index in [9.17, 15) is 13.2 Å². The molecule has 2 aromatic heterocycles. The Bertz CT molecular complexity index is 780. The van der Waals surface area contributed by atoms with Crippen LogP contribution in [0.5, 0.6) is 0 Å². The van der Waals surface area contributed by atoms with Crippen molar-refractivity contribution >= 4 is 23.1 Å². The van der Waals surface area contributed by atoms with Crippen molar-refractivity contribution in [3.8, 4) is 0 Å². The molecule has 148 valence electrons. The van der Waals surface area contributed by atoms with Crippen molar-refractivity contribution in [2.24, 2.45) is 0 Å². The van der Waals surface area contributed by atoms with Crippen LogP contribution in [0.15, 0.2) is 12.4 Å². The highest BCUT2D eigenvalue weighted by Gasteiger charge is 2.33. The Hall–Kier alpha value is -2.56. The van der Waals surface area contributed by atoms with Gasteiger partial charge in [-0.1, -0.05) is 0 Å². The number of anilines is 4. The number of piperidine rings is 1. The average molecular weight is 384 g/mol. The third-order valence-corrected chi connectivity index (χ3v) is 4.65. The molecular weight excluding hydrogens is 361 g/mol. The highest BCUT2D eigenvalue weighted by atomic mass is 19.4. The van der Waals surface area contributed by atoms with Crippen molar-refractivity contribution in [2.75, 3.05) is 43.0 Å². The highest BCUT2D eigenvalue weighted by molar-refractivity contribution is 5.64. The van der Waals surface area contributed by atoms with Gasteiger partial charge in [-0.2, -0.15) is 23.3 Å². The maximum absolute atomic E-state index is 12.5. The number of rotatable bonds is 5. The largest absolute Gasteiger partial charge is 0.401 e. The number of hydrogen-bond acceptors (Lipinski definition) is 7. The lowest BCUT2D eigenvalue weighted by Crippen LogP contribution is -2.40. The maximum Gasteiger partial charge on any atom is 0.401 e. The lowest BCUT2D eigenvalue weighted by atomic mass is 10.0. The summed E-state index contributed by atoms with van der Waals surface area (Å²) in [5, 5.41) is 10.4. The van der Waals surface area contributed by atoms with Gasteiger partial charge in [-0.3, -0.25) is 9.58 Å². The fourth-order valence-corrected chi connectivity index (χ4v) is 3.26. The van der Waals surface area contributed by atoms with E-state index in [1.54, 1.807) is 13.2 Å². The number of hydrogen-bond donors (Lipinski definition) is 3. The molecule has 0 aliphatic carbocycles. The predicted molar refractivity (Wildman–Crippen MR) is 97.0 cm³/mol. The molecule has 0 bridgehead atoms. The lowest BCUT2D eigenvalue weighted by molar-refractivity contribution is -0.148. The SMILES string of the molecule is CNc1nc(Nc2cnn(C3CCN(CC(F)(F)F)CC3)c2C)ncc1N. The van der Waals surface area contributed by atoms with Crippen LogP contribution in [-0.4, -0.2) is 57.5 Å². The van der Waals surface area contributed by atoms with Gasteiger partial charge < -0.3 is 16.4 Å². The van der Waals surface area contributed by atoms with Crippen molar-refractivity contribution in [1.29, 1.82) is 0 Å². The van der Waals surface area contributed by atoms with Gasteiger partial charge in [-0.15, -0.1) is 0 Å². The van der Waals surface area contributed by atoms with E-state index in [0.29, 0.717) is 43.4 Å². The van der Waals surface area contributed by atoms with Gasteiger partial charge in [-0.25, -0.2) is 4.98 Å². The fraction of sp³-hybridized carbons (Fsp3) is 0.562. The molecule has 0 saturated carbocycles. The minimum absolute atomic E-state index is 0.0743. The number of likely N-dealkylation sites (tertiary alicyclic amines) is 1. The molecule has 0 aromatic carbocycles. The van der Waals surface area contributed by atoms with E-state index in [-0.39, 0.29) is 6.04 Å². The van der Waals surface area contributed by atoms with Crippen LogP contribution in [0.1, 0.15) is 24.6 Å². The second kappa shape index (κ2) is 7.59. The summed E-state index contributed by atoms with van der Waals surface area (Å²) in [5.74, 6) is 0.908. The van der Waals surface area contributed by atoms with Crippen molar-refractivity contribution in [3.05, 3.63) is 18.1 Å². The first-order chi connectivity index (χ1) is 12.8. The highest BCUT2D eigenvalue weighted by Crippen LogP contribution is 2.29. The molecule has 0 amide bonds. The van der Waals surface area contributed by atoms with E-state index in [0.717, 1.165) is 11.4 Å². The van der Waals surface area contributed by atoms with Crippen LogP contribution in [0.2, 0.25) is 0 Å². The molecule has 8 nitrogen and oxygen atoms in total. The molecule has 4 N–H and O–H groups in total. The van der Waals surface area contributed by atoms with Crippen molar-refractivity contribution in [2.45, 2.75) is 32.0 Å². The first kappa shape index (κ1) is 19.2. The molecule has 1 aliphatic heterocycles. The van der Waals surface area contributed by atoms with E-state index in [1.165, 1.54) is 11.1 Å². The molecule has 0 unspecified atom stereocenters. The van der Waals surface area contributed by atoms with Gasteiger partial charge in [0.25, 0.3) is 0 Å². The molecule has 11 heteroatoms. The summed E-state index contributed by atoms with van der Waals surface area (Å²) in [6, 6.07) is 0.0743. The normalized spacial score (nSPS) is 16.5. The molecule has 0 atom stereocenters. The number of nitrogens with zero attached hydrogens (tertiary/aromatic N) is 5. The molecule has 0 radical (unpaired) electrons. The molecule has 2 aromatic rings. The first-order valence-electron chi connectivity index (χ1n) is 8.67. The molecule has 27 heavy (non-hydrogen) atoms. The molecular formula is C16H23F3N8. The molecule has 1 fully saturated rings. The van der Waals surface area contributed by atoms with Crippen LogP contribution in [0.4, 0.5) is 36.3 Å². The fourth-order valence-electron chi connectivity index (χ4n) is 3.26. The molecule has 0 spiro atoms. The summed E-state index contributed by atoms with van der Waals surface area (Å²) < 4.78 is 39.4. The number of aromatic nitrogens is 4.